The van der Waals surface area contributed by atoms with E-state index in [9.17, 15) is 0 Å². The summed E-state index contributed by atoms with van der Waals surface area (Å²) in [4.78, 5) is 6.99. The Balaban J connectivity index is 2.09. The van der Waals surface area contributed by atoms with Crippen molar-refractivity contribution in [2.45, 2.75) is 52.1 Å². The second kappa shape index (κ2) is 5.91. The predicted octanol–water partition coefficient (Wildman–Crippen LogP) is 3.21. The molecule has 1 fully saturated rings. The van der Waals surface area contributed by atoms with Crippen molar-refractivity contribution in [2.75, 3.05) is 19.0 Å². The summed E-state index contributed by atoms with van der Waals surface area (Å²) in [6, 6.07) is 4.83. The molecule has 1 saturated carbocycles. The van der Waals surface area contributed by atoms with Gasteiger partial charge in [-0.1, -0.05) is 19.9 Å². The fraction of sp³-hybridized carbons (Fsp3) is 0.688. The van der Waals surface area contributed by atoms with E-state index in [2.05, 4.69) is 42.2 Å². The summed E-state index contributed by atoms with van der Waals surface area (Å²) >= 11 is 0. The highest BCUT2D eigenvalue weighted by molar-refractivity contribution is 5.47. The Morgan fingerprint density at radius 1 is 1.37 bits per heavy atom. The first-order valence-corrected chi connectivity index (χ1v) is 7.35. The van der Waals surface area contributed by atoms with E-state index in [0.29, 0.717) is 11.5 Å². The Hall–Kier alpha value is -1.09. The normalized spacial score (nSPS) is 19.4. The van der Waals surface area contributed by atoms with Crippen LogP contribution < -0.4 is 10.2 Å². The summed E-state index contributed by atoms with van der Waals surface area (Å²) < 4.78 is 0. The first-order chi connectivity index (χ1) is 9.03. The SMILES string of the molecule is CNCc1cccnc1N(C)C1CCC(C)(C)CC1. The second-order valence-electron chi connectivity index (χ2n) is 6.52. The number of hydrogen-bond acceptors (Lipinski definition) is 3. The molecule has 0 amide bonds. The number of nitrogens with one attached hydrogen (secondary N) is 1. The molecule has 0 bridgehead atoms. The molecule has 0 aromatic carbocycles. The van der Waals surface area contributed by atoms with Crippen LogP contribution in [0.1, 0.15) is 45.1 Å². The monoisotopic (exact) mass is 261 g/mol. The van der Waals surface area contributed by atoms with Crippen LogP contribution >= 0.6 is 0 Å². The van der Waals surface area contributed by atoms with E-state index in [-0.39, 0.29) is 0 Å². The van der Waals surface area contributed by atoms with Gasteiger partial charge in [0, 0.05) is 31.4 Å². The molecule has 1 N–H and O–H groups in total. The maximum Gasteiger partial charge on any atom is 0.132 e. The first-order valence-electron chi connectivity index (χ1n) is 7.35. The highest BCUT2D eigenvalue weighted by atomic mass is 15.2. The van der Waals surface area contributed by atoms with Gasteiger partial charge in [-0.25, -0.2) is 4.98 Å². The van der Waals surface area contributed by atoms with Gasteiger partial charge in [0.05, 0.1) is 0 Å². The fourth-order valence-corrected chi connectivity index (χ4v) is 3.02. The lowest BCUT2D eigenvalue weighted by Crippen LogP contribution is -2.38. The van der Waals surface area contributed by atoms with E-state index in [0.717, 1.165) is 12.4 Å². The molecule has 0 saturated heterocycles. The molecule has 1 heterocycles. The molecule has 0 aliphatic heterocycles. The van der Waals surface area contributed by atoms with Gasteiger partial charge in [0.1, 0.15) is 5.82 Å². The third-order valence-corrected chi connectivity index (χ3v) is 4.43. The minimum Gasteiger partial charge on any atom is -0.356 e. The first kappa shape index (κ1) is 14.3. The van der Waals surface area contributed by atoms with Crippen molar-refractivity contribution < 1.29 is 0 Å². The van der Waals surface area contributed by atoms with Gasteiger partial charge >= 0.3 is 0 Å². The molecule has 1 aliphatic rings. The Labute approximate surface area is 117 Å². The smallest absolute Gasteiger partial charge is 0.132 e. The van der Waals surface area contributed by atoms with Crippen LogP contribution in [0.5, 0.6) is 0 Å². The van der Waals surface area contributed by atoms with Crippen molar-refractivity contribution in [3.63, 3.8) is 0 Å². The van der Waals surface area contributed by atoms with Gasteiger partial charge in [0.2, 0.25) is 0 Å². The summed E-state index contributed by atoms with van der Waals surface area (Å²) in [5.74, 6) is 1.14. The molecule has 0 unspecified atom stereocenters. The van der Waals surface area contributed by atoms with Gasteiger partial charge in [-0.15, -0.1) is 0 Å². The molecule has 2 rings (SSSR count). The number of hydrogen-bond donors (Lipinski definition) is 1. The highest BCUT2D eigenvalue weighted by Crippen LogP contribution is 2.37. The van der Waals surface area contributed by atoms with Gasteiger partial charge in [-0.05, 0) is 44.2 Å². The molecule has 0 spiro atoms. The number of aromatic nitrogens is 1. The number of pyridine rings is 1. The van der Waals surface area contributed by atoms with Crippen molar-refractivity contribution in [1.29, 1.82) is 0 Å². The van der Waals surface area contributed by atoms with Crippen molar-refractivity contribution in [3.05, 3.63) is 23.9 Å². The molecule has 106 valence electrons. The van der Waals surface area contributed by atoms with Crippen molar-refractivity contribution >= 4 is 5.82 Å². The van der Waals surface area contributed by atoms with Crippen LogP contribution in [0.2, 0.25) is 0 Å². The third kappa shape index (κ3) is 3.47. The summed E-state index contributed by atoms with van der Waals surface area (Å²) in [7, 11) is 4.18. The number of nitrogens with zero attached hydrogens (tertiary/aromatic N) is 2. The number of anilines is 1. The molecular formula is C16H27N3. The summed E-state index contributed by atoms with van der Waals surface area (Å²) in [5.41, 5.74) is 1.81. The van der Waals surface area contributed by atoms with Crippen molar-refractivity contribution in [2.24, 2.45) is 5.41 Å². The van der Waals surface area contributed by atoms with Gasteiger partial charge in [-0.2, -0.15) is 0 Å². The van der Waals surface area contributed by atoms with Crippen molar-refractivity contribution in [3.8, 4) is 0 Å². The van der Waals surface area contributed by atoms with Crippen LogP contribution in [0.3, 0.4) is 0 Å². The lowest BCUT2D eigenvalue weighted by molar-refractivity contribution is 0.222. The lowest BCUT2D eigenvalue weighted by Gasteiger charge is -2.39. The van der Waals surface area contributed by atoms with Crippen LogP contribution in [0, 0.1) is 5.41 Å². The average molecular weight is 261 g/mol. The molecule has 1 aromatic heterocycles. The van der Waals surface area contributed by atoms with E-state index in [1.54, 1.807) is 0 Å². The Morgan fingerprint density at radius 2 is 2.05 bits per heavy atom. The molecule has 0 atom stereocenters. The molecule has 19 heavy (non-hydrogen) atoms. The summed E-state index contributed by atoms with van der Waals surface area (Å²) in [6.07, 6.45) is 7.09. The molecule has 1 aromatic rings. The molecule has 3 nitrogen and oxygen atoms in total. The Morgan fingerprint density at radius 3 is 2.68 bits per heavy atom. The van der Waals surface area contributed by atoms with E-state index in [1.165, 1.54) is 31.2 Å². The molecule has 0 radical (unpaired) electrons. The quantitative estimate of drug-likeness (QED) is 0.902. The third-order valence-electron chi connectivity index (χ3n) is 4.43. The topological polar surface area (TPSA) is 28.2 Å². The van der Waals surface area contributed by atoms with Gasteiger partial charge in [0.25, 0.3) is 0 Å². The zero-order valence-electron chi connectivity index (χ0n) is 12.7. The standard InChI is InChI=1S/C16H27N3/c1-16(2)9-7-14(8-10-16)19(4)15-13(12-17-3)6-5-11-18-15/h5-6,11,14,17H,7-10,12H2,1-4H3. The van der Waals surface area contributed by atoms with E-state index in [4.69, 9.17) is 0 Å². The van der Waals surface area contributed by atoms with Crippen LogP contribution in [0.4, 0.5) is 5.82 Å². The van der Waals surface area contributed by atoms with E-state index < -0.39 is 0 Å². The van der Waals surface area contributed by atoms with Gasteiger partial charge in [-0.3, -0.25) is 0 Å². The van der Waals surface area contributed by atoms with Crippen molar-refractivity contribution in [1.82, 2.24) is 10.3 Å². The van der Waals surface area contributed by atoms with Crippen LogP contribution in [0.25, 0.3) is 0 Å². The largest absolute Gasteiger partial charge is 0.356 e. The second-order valence-corrected chi connectivity index (χ2v) is 6.52. The Bertz CT molecular complexity index is 404. The highest BCUT2D eigenvalue weighted by Gasteiger charge is 2.29. The Kier molecular flexibility index (Phi) is 4.46. The maximum absolute atomic E-state index is 4.59. The average Bonchev–Trinajstić information content (AvgIpc) is 2.39. The molecule has 1 aliphatic carbocycles. The van der Waals surface area contributed by atoms with Crippen LogP contribution in [0.15, 0.2) is 18.3 Å². The van der Waals surface area contributed by atoms with Crippen LogP contribution in [-0.4, -0.2) is 25.1 Å². The molecule has 3 heteroatoms. The zero-order valence-corrected chi connectivity index (χ0v) is 12.7. The minimum atomic E-state index is 0.523. The maximum atomic E-state index is 4.59. The summed E-state index contributed by atoms with van der Waals surface area (Å²) in [6.45, 7) is 5.65. The van der Waals surface area contributed by atoms with E-state index in [1.807, 2.05) is 19.3 Å². The van der Waals surface area contributed by atoms with Crippen LogP contribution in [-0.2, 0) is 6.54 Å². The molecular weight excluding hydrogens is 234 g/mol. The summed E-state index contributed by atoms with van der Waals surface area (Å²) in [5, 5.41) is 3.23. The zero-order chi connectivity index (χ0) is 13.9. The minimum absolute atomic E-state index is 0.523. The predicted molar refractivity (Wildman–Crippen MR) is 81.4 cm³/mol. The fourth-order valence-electron chi connectivity index (χ4n) is 3.02. The van der Waals surface area contributed by atoms with E-state index >= 15 is 0 Å². The lowest BCUT2D eigenvalue weighted by atomic mass is 9.75. The number of rotatable bonds is 4. The van der Waals surface area contributed by atoms with Gasteiger partial charge in [0.15, 0.2) is 0 Å². The van der Waals surface area contributed by atoms with Gasteiger partial charge < -0.3 is 10.2 Å².